The molecule has 0 fully saturated rings. The molecule has 0 aliphatic rings. The fraction of sp³-hybridized carbons (Fsp3) is 0.333. The van der Waals surface area contributed by atoms with Crippen LogP contribution < -0.4 is 5.73 Å². The predicted octanol–water partition coefficient (Wildman–Crippen LogP) is 4.06. The van der Waals surface area contributed by atoms with Gasteiger partial charge < -0.3 is 15.9 Å². The molecule has 0 radical (unpaired) electrons. The lowest BCUT2D eigenvalue weighted by Crippen LogP contribution is -2.43. The van der Waals surface area contributed by atoms with Crippen molar-refractivity contribution < 1.29 is 36.6 Å². The average molecular weight is 533 g/mol. The van der Waals surface area contributed by atoms with Crippen LogP contribution in [0.2, 0.25) is 10.0 Å². The van der Waals surface area contributed by atoms with Gasteiger partial charge in [-0.15, -0.1) is 11.3 Å². The van der Waals surface area contributed by atoms with Gasteiger partial charge in [0, 0.05) is 39.5 Å². The zero-order chi connectivity index (χ0) is 24.3. The highest BCUT2D eigenvalue weighted by molar-refractivity contribution is 7.90. The van der Waals surface area contributed by atoms with Crippen molar-refractivity contribution >= 4 is 56.7 Å². The van der Waals surface area contributed by atoms with E-state index in [9.17, 15) is 31.5 Å². The molecule has 32 heavy (non-hydrogen) atoms. The maximum atomic E-state index is 13.8. The number of rotatable bonds is 9. The molecule has 1 aromatic carbocycles. The highest BCUT2D eigenvalue weighted by Crippen LogP contribution is 2.46. The molecule has 0 amide bonds. The average Bonchev–Trinajstić information content (AvgIpc) is 3.15. The van der Waals surface area contributed by atoms with Crippen LogP contribution >= 0.6 is 34.5 Å². The third kappa shape index (κ3) is 6.42. The van der Waals surface area contributed by atoms with E-state index in [1.807, 2.05) is 0 Å². The van der Waals surface area contributed by atoms with Gasteiger partial charge in [-0.2, -0.15) is 17.6 Å². The highest BCUT2D eigenvalue weighted by Gasteiger charge is 2.56. The van der Waals surface area contributed by atoms with Gasteiger partial charge in [-0.3, -0.25) is 4.79 Å². The smallest absolute Gasteiger partial charge is 0.422 e. The molecule has 176 valence electrons. The van der Waals surface area contributed by atoms with Crippen molar-refractivity contribution in [3.05, 3.63) is 44.6 Å². The number of carboxylic acid groups (broad SMARTS) is 1. The minimum absolute atomic E-state index is 0.189. The molecular formula is C18H17Cl2F3N2O5S2. The third-order valence-electron chi connectivity index (χ3n) is 4.35. The zero-order valence-electron chi connectivity index (χ0n) is 16.0. The summed E-state index contributed by atoms with van der Waals surface area (Å²) < 4.78 is 68.4. The molecule has 4 N–H and O–H groups in total. The number of carboxylic acids is 1. The second-order valence-corrected chi connectivity index (χ2v) is 10.2. The Bertz CT molecular complexity index is 1120. The van der Waals surface area contributed by atoms with Gasteiger partial charge in [0.25, 0.3) is 10.0 Å². The maximum absolute atomic E-state index is 13.8. The highest BCUT2D eigenvalue weighted by atomic mass is 35.5. The fourth-order valence-electron chi connectivity index (χ4n) is 2.52. The van der Waals surface area contributed by atoms with E-state index in [-0.39, 0.29) is 10.6 Å². The summed E-state index contributed by atoms with van der Waals surface area (Å²) in [5.41, 5.74) is 2.41. The van der Waals surface area contributed by atoms with Crippen molar-refractivity contribution in [3.63, 3.8) is 0 Å². The first-order valence-corrected chi connectivity index (χ1v) is 12.0. The second kappa shape index (κ2) is 10.1. The molecule has 1 heterocycles. The molecule has 0 saturated heterocycles. The molecule has 1 unspecified atom stereocenters. The topological polar surface area (TPSA) is 130 Å². The summed E-state index contributed by atoms with van der Waals surface area (Å²) in [7, 11) is -4.43. The van der Waals surface area contributed by atoms with E-state index < -0.39 is 57.3 Å². The zero-order valence-corrected chi connectivity index (χ0v) is 19.2. The number of carbonyl (C=O) groups is 1. The Morgan fingerprint density at radius 1 is 1.28 bits per heavy atom. The van der Waals surface area contributed by atoms with E-state index in [0.717, 1.165) is 6.07 Å². The number of aliphatic carboxylic acids is 1. The summed E-state index contributed by atoms with van der Waals surface area (Å²) in [6, 6.07) is 4.08. The maximum Gasteiger partial charge on any atom is 0.422 e. The van der Waals surface area contributed by atoms with Crippen molar-refractivity contribution in [1.82, 2.24) is 0 Å². The van der Waals surface area contributed by atoms with E-state index in [0.29, 0.717) is 28.1 Å². The second-order valence-electron chi connectivity index (χ2n) is 6.69. The molecule has 2 atom stereocenters. The van der Waals surface area contributed by atoms with Crippen LogP contribution in [0.4, 0.5) is 13.2 Å². The molecule has 0 aliphatic heterocycles. The summed E-state index contributed by atoms with van der Waals surface area (Å²) in [6.45, 7) is 0. The fourth-order valence-corrected chi connectivity index (χ4v) is 5.07. The number of aliphatic hydroxyl groups is 1. The van der Waals surface area contributed by atoms with Gasteiger partial charge in [0.1, 0.15) is 6.04 Å². The first-order valence-electron chi connectivity index (χ1n) is 8.74. The summed E-state index contributed by atoms with van der Waals surface area (Å²) in [6.07, 6.45) is -6.15. The molecule has 1 aromatic heterocycles. The molecule has 2 rings (SSSR count). The number of benzene rings is 1. The number of hydrogen-bond acceptors (Lipinski definition) is 6. The van der Waals surface area contributed by atoms with E-state index in [1.54, 1.807) is 0 Å². The van der Waals surface area contributed by atoms with Crippen LogP contribution in [-0.2, 0) is 20.4 Å². The molecule has 0 spiro atoms. The molecule has 14 heteroatoms. The number of alkyl halides is 3. The van der Waals surface area contributed by atoms with Crippen LogP contribution in [0.5, 0.6) is 0 Å². The van der Waals surface area contributed by atoms with Crippen molar-refractivity contribution in [1.29, 1.82) is 0 Å². The Morgan fingerprint density at radius 2 is 1.94 bits per heavy atom. The molecule has 0 bridgehead atoms. The van der Waals surface area contributed by atoms with Crippen molar-refractivity contribution in [2.45, 2.75) is 30.7 Å². The van der Waals surface area contributed by atoms with Gasteiger partial charge in [-0.05, 0) is 29.1 Å². The molecule has 0 saturated carbocycles. The summed E-state index contributed by atoms with van der Waals surface area (Å²) in [5.74, 6) is -2.54. The van der Waals surface area contributed by atoms with E-state index in [2.05, 4.69) is 4.40 Å². The van der Waals surface area contributed by atoms with Crippen molar-refractivity contribution in [3.8, 4) is 11.1 Å². The number of sulfonamides is 1. The minimum atomic E-state index is -5.19. The van der Waals surface area contributed by atoms with E-state index >= 15 is 0 Å². The Balaban J connectivity index is 2.27. The Hall–Kier alpha value is -1.70. The molecule has 7 nitrogen and oxygen atoms in total. The van der Waals surface area contributed by atoms with Gasteiger partial charge in [-0.1, -0.05) is 29.3 Å². The number of halogens is 5. The standard InChI is InChI=1S/C18H17Cl2F3N2O5S2/c19-11-1-2-12(13(20)8-11)10-7-15(31-9-10)17(28,18(21,22)23)4-6-32(29,30)25-5-3-14(24)16(26)27/h1-2,5,7-9,14,28H,3-4,6,24H2,(H,26,27)/t14-,17?/m0/s1. The monoisotopic (exact) mass is 532 g/mol. The van der Waals surface area contributed by atoms with Gasteiger partial charge >= 0.3 is 12.1 Å². The molecular weight excluding hydrogens is 516 g/mol. The lowest BCUT2D eigenvalue weighted by Gasteiger charge is -2.29. The van der Waals surface area contributed by atoms with Gasteiger partial charge in [0.15, 0.2) is 5.60 Å². The van der Waals surface area contributed by atoms with Crippen LogP contribution in [0.25, 0.3) is 11.1 Å². The third-order valence-corrected chi connectivity index (χ3v) is 7.17. The van der Waals surface area contributed by atoms with Crippen molar-refractivity contribution in [2.24, 2.45) is 10.1 Å². The van der Waals surface area contributed by atoms with Crippen molar-refractivity contribution in [2.75, 3.05) is 5.75 Å². The van der Waals surface area contributed by atoms with Crippen LogP contribution in [-0.4, -0.2) is 48.8 Å². The van der Waals surface area contributed by atoms with Crippen LogP contribution in [0.15, 0.2) is 34.0 Å². The first-order chi connectivity index (χ1) is 14.7. The normalized spacial score (nSPS) is 15.6. The lowest BCUT2D eigenvalue weighted by molar-refractivity contribution is -0.266. The van der Waals surface area contributed by atoms with Gasteiger partial charge in [0.2, 0.25) is 0 Å². The number of thiophene rings is 1. The molecule has 2 aromatic rings. The predicted molar refractivity (Wildman–Crippen MR) is 117 cm³/mol. The minimum Gasteiger partial charge on any atom is -0.480 e. The number of nitrogens with zero attached hydrogens (tertiary/aromatic N) is 1. The van der Waals surface area contributed by atoms with Crippen LogP contribution in [0.1, 0.15) is 17.7 Å². The summed E-state index contributed by atoms with van der Waals surface area (Å²) in [5, 5.41) is 21.0. The SMILES string of the molecule is N[C@@H](CC=NS(=O)(=O)CCC(O)(c1cc(-c2ccc(Cl)cc2Cl)cs1)C(F)(F)F)C(=O)O. The Kier molecular flexibility index (Phi) is 8.35. The number of hydrogen-bond donors (Lipinski definition) is 3. The van der Waals surface area contributed by atoms with Crippen LogP contribution in [0.3, 0.4) is 0 Å². The molecule has 0 aliphatic carbocycles. The Morgan fingerprint density at radius 3 is 2.50 bits per heavy atom. The Labute approximate surface area is 195 Å². The first kappa shape index (κ1) is 26.6. The van der Waals surface area contributed by atoms with E-state index in [4.69, 9.17) is 34.0 Å². The number of nitrogens with two attached hydrogens (primary N) is 1. The summed E-state index contributed by atoms with van der Waals surface area (Å²) >= 11 is 12.5. The quantitative estimate of drug-likeness (QED) is 0.417. The summed E-state index contributed by atoms with van der Waals surface area (Å²) in [4.78, 5) is 10.1. The largest absolute Gasteiger partial charge is 0.480 e. The van der Waals surface area contributed by atoms with Gasteiger partial charge in [-0.25, -0.2) is 8.42 Å². The van der Waals surface area contributed by atoms with E-state index in [1.165, 1.54) is 23.6 Å². The van der Waals surface area contributed by atoms with Gasteiger partial charge in [0.05, 0.1) is 5.75 Å². The van der Waals surface area contributed by atoms with Crippen LogP contribution in [0, 0.1) is 0 Å². The lowest BCUT2D eigenvalue weighted by atomic mass is 9.96.